The summed E-state index contributed by atoms with van der Waals surface area (Å²) in [4.78, 5) is 7.29. The molecule has 0 spiro atoms. The molecule has 100 valence electrons. The quantitative estimate of drug-likeness (QED) is 0.699. The molecule has 0 fully saturated rings. The summed E-state index contributed by atoms with van der Waals surface area (Å²) in [5, 5.41) is 0. The summed E-state index contributed by atoms with van der Waals surface area (Å²) >= 11 is 0. The Morgan fingerprint density at radius 2 is 1.65 bits per heavy atom. The van der Waals surface area contributed by atoms with Crippen molar-refractivity contribution in [3.8, 4) is 0 Å². The minimum atomic E-state index is -1.21. The number of hydrogen-bond donors (Lipinski definition) is 1. The van der Waals surface area contributed by atoms with Gasteiger partial charge in [-0.1, -0.05) is 12.1 Å². The SMILES string of the molecule is Fc1cc(F)c(C=Cc2nc3ccccc3[nH]2)cc1F. The predicted molar refractivity (Wildman–Crippen MR) is 71.3 cm³/mol. The van der Waals surface area contributed by atoms with E-state index < -0.39 is 17.5 Å². The van der Waals surface area contributed by atoms with Gasteiger partial charge < -0.3 is 4.98 Å². The van der Waals surface area contributed by atoms with Crippen molar-refractivity contribution in [3.63, 3.8) is 0 Å². The number of aromatic amines is 1. The van der Waals surface area contributed by atoms with Crippen LogP contribution >= 0.6 is 0 Å². The van der Waals surface area contributed by atoms with Gasteiger partial charge in [-0.3, -0.25) is 0 Å². The molecule has 0 aliphatic carbocycles. The van der Waals surface area contributed by atoms with Crippen LogP contribution in [0.25, 0.3) is 23.2 Å². The highest BCUT2D eigenvalue weighted by molar-refractivity contribution is 5.78. The monoisotopic (exact) mass is 274 g/mol. The number of rotatable bonds is 2. The number of nitrogens with one attached hydrogen (secondary N) is 1. The zero-order chi connectivity index (χ0) is 14.1. The van der Waals surface area contributed by atoms with Gasteiger partial charge in [0.25, 0.3) is 0 Å². The van der Waals surface area contributed by atoms with Gasteiger partial charge in [-0.25, -0.2) is 18.2 Å². The van der Waals surface area contributed by atoms with E-state index in [-0.39, 0.29) is 5.56 Å². The molecule has 0 bridgehead atoms. The van der Waals surface area contributed by atoms with Crippen molar-refractivity contribution in [2.45, 2.75) is 0 Å². The Balaban J connectivity index is 1.95. The lowest BCUT2D eigenvalue weighted by Gasteiger charge is -1.98. The fraction of sp³-hybridized carbons (Fsp3) is 0. The number of nitrogens with zero attached hydrogens (tertiary/aromatic N) is 1. The van der Waals surface area contributed by atoms with Crippen LogP contribution in [0.15, 0.2) is 36.4 Å². The second-order valence-corrected chi connectivity index (χ2v) is 4.26. The average molecular weight is 274 g/mol. The Labute approximate surface area is 112 Å². The molecule has 0 unspecified atom stereocenters. The molecule has 3 rings (SSSR count). The van der Waals surface area contributed by atoms with Crippen LogP contribution < -0.4 is 0 Å². The van der Waals surface area contributed by atoms with Crippen molar-refractivity contribution in [1.29, 1.82) is 0 Å². The molecule has 0 amide bonds. The molecule has 2 aromatic carbocycles. The van der Waals surface area contributed by atoms with Gasteiger partial charge in [0.2, 0.25) is 0 Å². The highest BCUT2D eigenvalue weighted by Gasteiger charge is 2.07. The van der Waals surface area contributed by atoms with Gasteiger partial charge in [-0.05, 0) is 30.4 Å². The first kappa shape index (κ1) is 12.5. The predicted octanol–water partition coefficient (Wildman–Crippen LogP) is 4.15. The molecule has 3 aromatic rings. The minimum Gasteiger partial charge on any atom is -0.338 e. The van der Waals surface area contributed by atoms with Crippen LogP contribution in [0.3, 0.4) is 0 Å². The van der Waals surface area contributed by atoms with Gasteiger partial charge >= 0.3 is 0 Å². The number of benzene rings is 2. The topological polar surface area (TPSA) is 28.7 Å². The minimum absolute atomic E-state index is 0.0376. The van der Waals surface area contributed by atoms with Crippen molar-refractivity contribution < 1.29 is 13.2 Å². The number of halogens is 3. The van der Waals surface area contributed by atoms with E-state index in [2.05, 4.69) is 9.97 Å². The van der Waals surface area contributed by atoms with Crippen molar-refractivity contribution in [2.75, 3.05) is 0 Å². The van der Waals surface area contributed by atoms with Gasteiger partial charge in [0.15, 0.2) is 11.6 Å². The van der Waals surface area contributed by atoms with Crippen molar-refractivity contribution in [2.24, 2.45) is 0 Å². The third kappa shape index (κ3) is 2.30. The maximum Gasteiger partial charge on any atom is 0.161 e. The number of aromatic nitrogens is 2. The fourth-order valence-corrected chi connectivity index (χ4v) is 1.89. The summed E-state index contributed by atoms with van der Waals surface area (Å²) in [5.74, 6) is -2.61. The molecule has 2 nitrogen and oxygen atoms in total. The largest absolute Gasteiger partial charge is 0.338 e. The van der Waals surface area contributed by atoms with Crippen LogP contribution in [0.1, 0.15) is 11.4 Å². The molecule has 5 heteroatoms. The van der Waals surface area contributed by atoms with Crippen LogP contribution in [0.5, 0.6) is 0 Å². The molecule has 1 N–H and O–H groups in total. The summed E-state index contributed by atoms with van der Waals surface area (Å²) < 4.78 is 39.3. The smallest absolute Gasteiger partial charge is 0.161 e. The summed E-state index contributed by atoms with van der Waals surface area (Å²) in [6.45, 7) is 0. The van der Waals surface area contributed by atoms with Crippen molar-refractivity contribution in [1.82, 2.24) is 9.97 Å². The molecular weight excluding hydrogens is 265 g/mol. The van der Waals surface area contributed by atoms with Crippen LogP contribution in [0.4, 0.5) is 13.2 Å². The normalized spacial score (nSPS) is 11.6. The molecule has 0 aliphatic heterocycles. The van der Waals surface area contributed by atoms with E-state index in [1.807, 2.05) is 24.3 Å². The van der Waals surface area contributed by atoms with E-state index in [0.717, 1.165) is 17.1 Å². The molecule has 0 atom stereocenters. The maximum absolute atomic E-state index is 13.4. The number of para-hydroxylation sites is 2. The number of imidazole rings is 1. The van der Waals surface area contributed by atoms with Gasteiger partial charge in [0, 0.05) is 11.6 Å². The summed E-state index contributed by atoms with van der Waals surface area (Å²) in [5.41, 5.74) is 1.58. The van der Waals surface area contributed by atoms with Crippen molar-refractivity contribution in [3.05, 3.63) is 65.2 Å². The molecule has 0 aliphatic rings. The molecule has 0 saturated heterocycles. The number of hydrogen-bond acceptors (Lipinski definition) is 1. The standard InChI is InChI=1S/C15H9F3N2/c16-10-8-12(18)11(17)7-9(10)5-6-15-19-13-3-1-2-4-14(13)20-15/h1-8H,(H,19,20). The van der Waals surface area contributed by atoms with Gasteiger partial charge in [0.05, 0.1) is 11.0 Å². The van der Waals surface area contributed by atoms with E-state index in [9.17, 15) is 13.2 Å². The van der Waals surface area contributed by atoms with Gasteiger partial charge in [-0.15, -0.1) is 0 Å². The first-order valence-corrected chi connectivity index (χ1v) is 5.91. The molecule has 0 saturated carbocycles. The lowest BCUT2D eigenvalue weighted by molar-refractivity contribution is 0.494. The van der Waals surface area contributed by atoms with E-state index in [0.29, 0.717) is 11.9 Å². The Bertz CT molecular complexity index is 773. The molecule has 1 heterocycles. The second kappa shape index (κ2) is 4.85. The van der Waals surface area contributed by atoms with Gasteiger partial charge in [-0.2, -0.15) is 0 Å². The Kier molecular flexibility index (Phi) is 3.02. The Morgan fingerprint density at radius 1 is 0.900 bits per heavy atom. The van der Waals surface area contributed by atoms with Crippen LogP contribution in [0.2, 0.25) is 0 Å². The van der Waals surface area contributed by atoms with E-state index in [1.54, 1.807) is 0 Å². The first-order valence-electron chi connectivity index (χ1n) is 5.91. The number of H-pyrrole nitrogens is 1. The van der Waals surface area contributed by atoms with Gasteiger partial charge in [0.1, 0.15) is 11.6 Å². The lowest BCUT2D eigenvalue weighted by atomic mass is 10.2. The number of fused-ring (bicyclic) bond motifs is 1. The second-order valence-electron chi connectivity index (χ2n) is 4.26. The summed E-state index contributed by atoms with van der Waals surface area (Å²) in [7, 11) is 0. The highest BCUT2D eigenvalue weighted by atomic mass is 19.2. The Morgan fingerprint density at radius 3 is 2.45 bits per heavy atom. The lowest BCUT2D eigenvalue weighted by Crippen LogP contribution is -1.90. The molecule has 1 aromatic heterocycles. The molecule has 20 heavy (non-hydrogen) atoms. The van der Waals surface area contributed by atoms with Crippen LogP contribution in [-0.2, 0) is 0 Å². The average Bonchev–Trinajstić information content (AvgIpc) is 2.84. The zero-order valence-electron chi connectivity index (χ0n) is 10.2. The van der Waals surface area contributed by atoms with Crippen molar-refractivity contribution >= 4 is 23.2 Å². The summed E-state index contributed by atoms with van der Waals surface area (Å²) in [6.07, 6.45) is 2.85. The van der Waals surface area contributed by atoms with Crippen LogP contribution in [-0.4, -0.2) is 9.97 Å². The first-order chi connectivity index (χ1) is 9.63. The zero-order valence-corrected chi connectivity index (χ0v) is 10.2. The van der Waals surface area contributed by atoms with E-state index in [4.69, 9.17) is 0 Å². The fourth-order valence-electron chi connectivity index (χ4n) is 1.89. The molecule has 0 radical (unpaired) electrons. The van der Waals surface area contributed by atoms with E-state index >= 15 is 0 Å². The molecular formula is C15H9F3N2. The summed E-state index contributed by atoms with van der Waals surface area (Å²) in [6, 6.07) is 8.74. The highest BCUT2D eigenvalue weighted by Crippen LogP contribution is 2.17. The maximum atomic E-state index is 13.4. The Hall–Kier alpha value is -2.56. The van der Waals surface area contributed by atoms with Crippen LogP contribution in [0, 0.1) is 17.5 Å². The van der Waals surface area contributed by atoms with E-state index in [1.165, 1.54) is 12.2 Å². The third-order valence-corrected chi connectivity index (χ3v) is 2.87. The third-order valence-electron chi connectivity index (χ3n) is 2.87.